The van der Waals surface area contributed by atoms with Crippen molar-refractivity contribution in [3.8, 4) is 11.5 Å². The molecule has 1 aliphatic heterocycles. The van der Waals surface area contributed by atoms with Crippen molar-refractivity contribution in [3.05, 3.63) is 52.3 Å². The fourth-order valence-corrected chi connectivity index (χ4v) is 4.25. The lowest BCUT2D eigenvalue weighted by Gasteiger charge is -2.11. The second-order valence-corrected chi connectivity index (χ2v) is 8.52. The van der Waals surface area contributed by atoms with Crippen LogP contribution < -0.4 is 20.1 Å². The maximum atomic E-state index is 13.0. The van der Waals surface area contributed by atoms with Gasteiger partial charge < -0.3 is 20.1 Å². The van der Waals surface area contributed by atoms with E-state index in [0.29, 0.717) is 39.0 Å². The molecule has 0 bridgehead atoms. The number of thioether (sulfide) groups is 1. The molecule has 1 heterocycles. The van der Waals surface area contributed by atoms with Gasteiger partial charge in [-0.05, 0) is 64.8 Å². The Hall–Kier alpha value is -2.92. The number of hydrogen-bond donors (Lipinski definition) is 2. The smallest absolute Gasteiger partial charge is 0.240 e. The molecule has 0 unspecified atom stereocenters. The molecule has 1 atom stereocenters. The summed E-state index contributed by atoms with van der Waals surface area (Å²) in [5.74, 6) is 0.0557. The molecule has 3 rings (SSSR count). The van der Waals surface area contributed by atoms with Crippen LogP contribution in [0, 0.1) is 5.82 Å². The van der Waals surface area contributed by atoms with Crippen LogP contribution >= 0.6 is 27.7 Å². The van der Waals surface area contributed by atoms with Crippen molar-refractivity contribution < 1.29 is 23.5 Å². The number of amidine groups is 1. The summed E-state index contributed by atoms with van der Waals surface area (Å²) >= 11 is 4.56. The fraction of sp³-hybridized carbons (Fsp3) is 0.238. The molecule has 1 saturated heterocycles. The van der Waals surface area contributed by atoms with Crippen LogP contribution in [-0.2, 0) is 9.59 Å². The number of nitrogens with zero attached hydrogens (tertiary/aromatic N) is 2. The standard InChI is InChI=1S/C21H20BrFN4O4S/c1-3-31-19-15(22)8-12(9-16(19)30-2)11-24-27-21-26-20(29)17(32-21)10-18(28)25-14-6-4-13(23)5-7-14/h4-9,11,17H,3,10H2,1-2H3,(H,25,28)(H,26,27,29)/b24-11-/t17-/m1/s1. The Morgan fingerprint density at radius 1 is 1.34 bits per heavy atom. The largest absolute Gasteiger partial charge is 0.493 e. The Bertz CT molecular complexity index is 1060. The number of nitrogens with one attached hydrogen (secondary N) is 2. The number of rotatable bonds is 8. The summed E-state index contributed by atoms with van der Waals surface area (Å²) < 4.78 is 24.6. The van der Waals surface area contributed by atoms with Crippen LogP contribution in [0.4, 0.5) is 10.1 Å². The van der Waals surface area contributed by atoms with Crippen molar-refractivity contribution in [1.82, 2.24) is 5.32 Å². The summed E-state index contributed by atoms with van der Waals surface area (Å²) in [6, 6.07) is 8.94. The van der Waals surface area contributed by atoms with E-state index in [-0.39, 0.29) is 18.2 Å². The van der Waals surface area contributed by atoms with Crippen LogP contribution in [0.5, 0.6) is 11.5 Å². The normalized spacial score (nSPS) is 16.9. The molecule has 0 spiro atoms. The third kappa shape index (κ3) is 6.30. The van der Waals surface area contributed by atoms with Gasteiger partial charge in [0.2, 0.25) is 11.8 Å². The first-order valence-corrected chi connectivity index (χ1v) is 11.2. The van der Waals surface area contributed by atoms with E-state index in [1.165, 1.54) is 30.5 Å². The van der Waals surface area contributed by atoms with Gasteiger partial charge in [-0.1, -0.05) is 11.8 Å². The number of benzene rings is 2. The molecule has 0 aromatic heterocycles. The highest BCUT2D eigenvalue weighted by Crippen LogP contribution is 2.36. The lowest BCUT2D eigenvalue weighted by atomic mass is 10.2. The highest BCUT2D eigenvalue weighted by atomic mass is 79.9. The fourth-order valence-electron chi connectivity index (χ4n) is 2.75. The predicted molar refractivity (Wildman–Crippen MR) is 126 cm³/mol. The number of carbonyl (C=O) groups is 2. The van der Waals surface area contributed by atoms with Crippen LogP contribution in [0.3, 0.4) is 0 Å². The molecule has 1 aliphatic rings. The summed E-state index contributed by atoms with van der Waals surface area (Å²) in [5, 5.41) is 12.9. The Labute approximate surface area is 196 Å². The maximum Gasteiger partial charge on any atom is 0.240 e. The van der Waals surface area contributed by atoms with E-state index in [9.17, 15) is 14.0 Å². The van der Waals surface area contributed by atoms with E-state index in [1.54, 1.807) is 19.2 Å². The molecule has 0 radical (unpaired) electrons. The summed E-state index contributed by atoms with van der Waals surface area (Å²) in [6.07, 6.45) is 1.46. The van der Waals surface area contributed by atoms with Gasteiger partial charge in [0.1, 0.15) is 11.1 Å². The highest BCUT2D eigenvalue weighted by Gasteiger charge is 2.32. The van der Waals surface area contributed by atoms with E-state index < -0.39 is 11.1 Å². The van der Waals surface area contributed by atoms with Crippen molar-refractivity contribution in [2.45, 2.75) is 18.6 Å². The molecule has 0 aliphatic carbocycles. The molecule has 32 heavy (non-hydrogen) atoms. The SMILES string of the molecule is CCOc1c(Br)cc(/C=N\N=C2\NC(=O)[C@@H](CC(=O)Nc3ccc(F)cc3)S2)cc1OC. The van der Waals surface area contributed by atoms with Gasteiger partial charge in [0.05, 0.1) is 24.4 Å². The van der Waals surface area contributed by atoms with E-state index in [4.69, 9.17) is 9.47 Å². The summed E-state index contributed by atoms with van der Waals surface area (Å²) in [7, 11) is 1.54. The van der Waals surface area contributed by atoms with Gasteiger partial charge in [0.15, 0.2) is 16.7 Å². The van der Waals surface area contributed by atoms with Crippen LogP contribution in [0.1, 0.15) is 18.9 Å². The molecular formula is C21H20BrFN4O4S. The highest BCUT2D eigenvalue weighted by molar-refractivity contribution is 9.10. The predicted octanol–water partition coefficient (Wildman–Crippen LogP) is 3.95. The van der Waals surface area contributed by atoms with E-state index >= 15 is 0 Å². The van der Waals surface area contributed by atoms with E-state index in [2.05, 4.69) is 36.8 Å². The number of anilines is 1. The van der Waals surface area contributed by atoms with Crippen LogP contribution in [0.15, 0.2) is 51.1 Å². The van der Waals surface area contributed by atoms with Crippen LogP contribution in [0.25, 0.3) is 0 Å². The summed E-state index contributed by atoms with van der Waals surface area (Å²) in [6.45, 7) is 2.38. The van der Waals surface area contributed by atoms with Gasteiger partial charge in [-0.2, -0.15) is 5.10 Å². The monoisotopic (exact) mass is 522 g/mol. The van der Waals surface area contributed by atoms with Crippen molar-refractivity contribution in [2.75, 3.05) is 19.0 Å². The molecule has 2 aromatic carbocycles. The topological polar surface area (TPSA) is 101 Å². The maximum absolute atomic E-state index is 13.0. The van der Waals surface area contributed by atoms with Crippen molar-refractivity contribution in [3.63, 3.8) is 0 Å². The second-order valence-electron chi connectivity index (χ2n) is 6.47. The Morgan fingerprint density at radius 3 is 2.78 bits per heavy atom. The van der Waals surface area contributed by atoms with Gasteiger partial charge in [-0.3, -0.25) is 9.59 Å². The lowest BCUT2D eigenvalue weighted by molar-refractivity contribution is -0.122. The molecule has 0 saturated carbocycles. The zero-order valence-electron chi connectivity index (χ0n) is 17.2. The number of halogens is 2. The zero-order valence-corrected chi connectivity index (χ0v) is 19.6. The van der Waals surface area contributed by atoms with Crippen molar-refractivity contribution in [1.29, 1.82) is 0 Å². The first-order chi connectivity index (χ1) is 15.4. The molecule has 11 heteroatoms. The van der Waals surface area contributed by atoms with Gasteiger partial charge in [-0.25, -0.2) is 4.39 Å². The quantitative estimate of drug-likeness (QED) is 0.403. The summed E-state index contributed by atoms with van der Waals surface area (Å²) in [4.78, 5) is 24.3. The van der Waals surface area contributed by atoms with Crippen molar-refractivity contribution in [2.24, 2.45) is 10.2 Å². The number of methoxy groups -OCH3 is 1. The second kappa shape index (κ2) is 11.1. The first-order valence-electron chi connectivity index (χ1n) is 9.54. The number of hydrogen-bond acceptors (Lipinski definition) is 7. The van der Waals surface area contributed by atoms with Gasteiger partial charge >= 0.3 is 0 Å². The van der Waals surface area contributed by atoms with Crippen molar-refractivity contribution >= 4 is 56.6 Å². The van der Waals surface area contributed by atoms with Crippen LogP contribution in [-0.4, -0.2) is 42.2 Å². The van der Waals surface area contributed by atoms with Gasteiger partial charge in [-0.15, -0.1) is 5.10 Å². The zero-order chi connectivity index (χ0) is 23.1. The minimum absolute atomic E-state index is 0.0559. The average molecular weight is 523 g/mol. The number of ether oxygens (including phenoxy) is 2. The third-order valence-electron chi connectivity index (χ3n) is 4.17. The van der Waals surface area contributed by atoms with Gasteiger partial charge in [0, 0.05) is 12.1 Å². The lowest BCUT2D eigenvalue weighted by Crippen LogP contribution is -2.28. The molecule has 8 nitrogen and oxygen atoms in total. The molecular weight excluding hydrogens is 503 g/mol. The first kappa shape index (κ1) is 23.7. The minimum Gasteiger partial charge on any atom is -0.493 e. The Balaban J connectivity index is 1.60. The van der Waals surface area contributed by atoms with Crippen LogP contribution in [0.2, 0.25) is 0 Å². The summed E-state index contributed by atoms with van der Waals surface area (Å²) in [5.41, 5.74) is 1.17. The molecule has 168 valence electrons. The minimum atomic E-state index is -0.635. The van der Waals surface area contributed by atoms with E-state index in [0.717, 1.165) is 11.8 Å². The number of amides is 2. The molecule has 2 aromatic rings. The van der Waals surface area contributed by atoms with Gasteiger partial charge in [0.25, 0.3) is 0 Å². The number of carbonyl (C=O) groups excluding carboxylic acids is 2. The molecule has 2 N–H and O–H groups in total. The Morgan fingerprint density at radius 2 is 2.09 bits per heavy atom. The molecule has 2 amide bonds. The average Bonchev–Trinajstić information content (AvgIpc) is 3.10. The third-order valence-corrected chi connectivity index (χ3v) is 5.83. The molecule has 1 fully saturated rings. The van der Waals surface area contributed by atoms with E-state index in [1.807, 2.05) is 6.92 Å². The Kier molecular flexibility index (Phi) is 8.23.